The van der Waals surface area contributed by atoms with Crippen LogP contribution in [0, 0.1) is 0 Å². The van der Waals surface area contributed by atoms with Gasteiger partial charge >= 0.3 is 0 Å². The number of nitrogens with one attached hydrogen (secondary N) is 1. The summed E-state index contributed by atoms with van der Waals surface area (Å²) in [5.74, 6) is -0.0161. The van der Waals surface area contributed by atoms with E-state index in [0.717, 1.165) is 38.9 Å². The van der Waals surface area contributed by atoms with Crippen LogP contribution >= 0.6 is 11.3 Å². The van der Waals surface area contributed by atoms with Crippen LogP contribution in [0.4, 0.5) is 0 Å². The highest BCUT2D eigenvalue weighted by Crippen LogP contribution is 2.35. The van der Waals surface area contributed by atoms with Crippen molar-refractivity contribution >= 4 is 17.2 Å². The van der Waals surface area contributed by atoms with Crippen LogP contribution in [0.3, 0.4) is 0 Å². The Kier molecular flexibility index (Phi) is 4.83. The molecular weight excluding hydrogens is 334 g/mol. The largest absolute Gasteiger partial charge is 0.373 e. The predicted octanol–water partition coefficient (Wildman–Crippen LogP) is 2.70. The first-order chi connectivity index (χ1) is 12.2. The van der Waals surface area contributed by atoms with E-state index in [4.69, 9.17) is 4.74 Å². The molecule has 2 aromatic rings. The van der Waals surface area contributed by atoms with Crippen molar-refractivity contribution in [3.8, 4) is 0 Å². The first-order valence-corrected chi connectivity index (χ1v) is 9.75. The normalized spacial score (nSPS) is 26.8. The van der Waals surface area contributed by atoms with Crippen LogP contribution in [-0.4, -0.2) is 47.1 Å². The Hall–Kier alpha value is -1.76. The number of aromatic nitrogens is 1. The lowest BCUT2D eigenvalue weighted by Gasteiger charge is -2.38. The summed E-state index contributed by atoms with van der Waals surface area (Å²) in [5, 5.41) is 7.52. The zero-order chi connectivity index (χ0) is 17.1. The Balaban J connectivity index is 1.35. The third kappa shape index (κ3) is 3.92. The van der Waals surface area contributed by atoms with Crippen molar-refractivity contribution in [2.75, 3.05) is 19.7 Å². The maximum absolute atomic E-state index is 12.4. The molecule has 1 amide bonds. The van der Waals surface area contributed by atoms with Gasteiger partial charge in [-0.1, -0.05) is 0 Å². The summed E-state index contributed by atoms with van der Waals surface area (Å²) in [7, 11) is 0. The molecule has 2 aliphatic rings. The molecule has 2 aromatic heterocycles. The summed E-state index contributed by atoms with van der Waals surface area (Å²) in [6.07, 6.45) is 6.12. The Bertz CT molecular complexity index is 707. The number of ether oxygens (including phenoxy) is 1. The molecule has 0 unspecified atom stereocenters. The zero-order valence-corrected chi connectivity index (χ0v) is 15.0. The number of nitrogens with zero attached hydrogens (tertiary/aromatic N) is 2. The summed E-state index contributed by atoms with van der Waals surface area (Å²) < 4.78 is 6.19. The van der Waals surface area contributed by atoms with Crippen LogP contribution in [0.2, 0.25) is 0 Å². The average molecular weight is 357 g/mol. The van der Waals surface area contributed by atoms with E-state index in [1.165, 1.54) is 5.56 Å². The third-order valence-electron chi connectivity index (χ3n) is 5.15. The highest BCUT2D eigenvalue weighted by molar-refractivity contribution is 7.07. The minimum Gasteiger partial charge on any atom is -0.373 e. The molecule has 1 N–H and O–H groups in total. The molecule has 4 heterocycles. The molecule has 2 saturated heterocycles. The average Bonchev–Trinajstić information content (AvgIpc) is 3.27. The molecule has 25 heavy (non-hydrogen) atoms. The van der Waals surface area contributed by atoms with Crippen molar-refractivity contribution in [2.24, 2.45) is 0 Å². The molecule has 0 saturated carbocycles. The molecule has 132 valence electrons. The van der Waals surface area contributed by atoms with E-state index >= 15 is 0 Å². The molecule has 0 bridgehead atoms. The summed E-state index contributed by atoms with van der Waals surface area (Å²) >= 11 is 1.75. The smallest absolute Gasteiger partial charge is 0.251 e. The van der Waals surface area contributed by atoms with Gasteiger partial charge in [-0.15, -0.1) is 0 Å². The number of carbonyl (C=O) groups is 1. The molecule has 0 radical (unpaired) electrons. The standard InChI is InChI=1S/C19H23N3O2S/c23-18(16-1-6-20-7-2-16)21-17-3-9-24-19(11-17)5-8-22(14-19)12-15-4-10-25-13-15/h1-2,4,6-7,10,13,17H,3,5,8-9,11-12,14H2,(H,21,23)/t17-,19+/m0/s1. The monoisotopic (exact) mass is 357 g/mol. The van der Waals surface area contributed by atoms with E-state index in [2.05, 4.69) is 32.0 Å². The van der Waals surface area contributed by atoms with Gasteiger partial charge in [0.15, 0.2) is 0 Å². The number of carbonyl (C=O) groups excluding carboxylic acids is 1. The fourth-order valence-electron chi connectivity index (χ4n) is 3.91. The van der Waals surface area contributed by atoms with E-state index in [9.17, 15) is 4.79 Å². The molecule has 0 aliphatic carbocycles. The van der Waals surface area contributed by atoms with Crippen molar-refractivity contribution in [1.29, 1.82) is 0 Å². The molecule has 2 atom stereocenters. The number of likely N-dealkylation sites (tertiary alicyclic amines) is 1. The Labute approximate surface area is 152 Å². The van der Waals surface area contributed by atoms with Gasteiger partial charge in [-0.2, -0.15) is 11.3 Å². The summed E-state index contributed by atoms with van der Waals surface area (Å²) in [6.45, 7) is 3.71. The number of hydrogen-bond acceptors (Lipinski definition) is 5. The van der Waals surface area contributed by atoms with Gasteiger partial charge in [0.25, 0.3) is 5.91 Å². The van der Waals surface area contributed by atoms with Gasteiger partial charge in [0.05, 0.1) is 5.60 Å². The first-order valence-electron chi connectivity index (χ1n) is 8.81. The number of thiophene rings is 1. The summed E-state index contributed by atoms with van der Waals surface area (Å²) in [5.41, 5.74) is 1.94. The third-order valence-corrected chi connectivity index (χ3v) is 5.88. The lowest BCUT2D eigenvalue weighted by molar-refractivity contribution is -0.0793. The summed E-state index contributed by atoms with van der Waals surface area (Å²) in [6, 6.07) is 5.87. The first kappa shape index (κ1) is 16.7. The van der Waals surface area contributed by atoms with Crippen molar-refractivity contribution < 1.29 is 9.53 Å². The number of hydrogen-bond donors (Lipinski definition) is 1. The molecule has 1 spiro atoms. The van der Waals surface area contributed by atoms with Crippen LogP contribution in [-0.2, 0) is 11.3 Å². The topological polar surface area (TPSA) is 54.5 Å². The van der Waals surface area contributed by atoms with Crippen LogP contribution in [0.1, 0.15) is 35.2 Å². The highest BCUT2D eigenvalue weighted by atomic mass is 32.1. The number of pyridine rings is 1. The SMILES string of the molecule is O=C(N[C@H]1CCO[C@]2(CCN(Cc3ccsc3)C2)C1)c1ccncc1. The Morgan fingerprint density at radius 2 is 2.28 bits per heavy atom. The fourth-order valence-corrected chi connectivity index (χ4v) is 4.57. The lowest BCUT2D eigenvalue weighted by atomic mass is 9.89. The number of rotatable bonds is 4. The fraction of sp³-hybridized carbons (Fsp3) is 0.474. The second-order valence-electron chi connectivity index (χ2n) is 7.02. The minimum atomic E-state index is -0.107. The van der Waals surface area contributed by atoms with E-state index in [1.54, 1.807) is 35.9 Å². The van der Waals surface area contributed by atoms with Gasteiger partial charge in [-0.3, -0.25) is 14.7 Å². The molecule has 0 aromatic carbocycles. The van der Waals surface area contributed by atoms with E-state index in [-0.39, 0.29) is 17.6 Å². The predicted molar refractivity (Wildman–Crippen MR) is 97.6 cm³/mol. The molecule has 5 nitrogen and oxygen atoms in total. The van der Waals surface area contributed by atoms with Gasteiger partial charge in [-0.05, 0) is 53.8 Å². The van der Waals surface area contributed by atoms with Gasteiger partial charge in [-0.25, -0.2) is 0 Å². The molecule has 4 rings (SSSR count). The zero-order valence-electron chi connectivity index (χ0n) is 14.2. The Morgan fingerprint density at radius 1 is 1.40 bits per heavy atom. The van der Waals surface area contributed by atoms with Crippen molar-refractivity contribution in [3.63, 3.8) is 0 Å². The van der Waals surface area contributed by atoms with Gasteiger partial charge < -0.3 is 10.1 Å². The van der Waals surface area contributed by atoms with Crippen molar-refractivity contribution in [2.45, 2.75) is 37.5 Å². The molecular formula is C19H23N3O2S. The minimum absolute atomic E-state index is 0.0161. The van der Waals surface area contributed by atoms with Crippen LogP contribution in [0.15, 0.2) is 41.4 Å². The van der Waals surface area contributed by atoms with Crippen LogP contribution in [0.5, 0.6) is 0 Å². The van der Waals surface area contributed by atoms with E-state index in [1.807, 2.05) is 0 Å². The molecule has 2 aliphatic heterocycles. The maximum atomic E-state index is 12.4. The second kappa shape index (κ2) is 7.23. The van der Waals surface area contributed by atoms with Crippen LogP contribution in [0.25, 0.3) is 0 Å². The van der Waals surface area contributed by atoms with Crippen molar-refractivity contribution in [1.82, 2.24) is 15.2 Å². The van der Waals surface area contributed by atoms with Crippen molar-refractivity contribution in [3.05, 3.63) is 52.5 Å². The molecule has 2 fully saturated rings. The lowest BCUT2D eigenvalue weighted by Crippen LogP contribution is -2.49. The second-order valence-corrected chi connectivity index (χ2v) is 7.80. The van der Waals surface area contributed by atoms with E-state index < -0.39 is 0 Å². The quantitative estimate of drug-likeness (QED) is 0.914. The van der Waals surface area contributed by atoms with Gasteiger partial charge in [0, 0.05) is 50.2 Å². The number of amides is 1. The Morgan fingerprint density at radius 3 is 3.08 bits per heavy atom. The highest BCUT2D eigenvalue weighted by Gasteiger charge is 2.43. The van der Waals surface area contributed by atoms with Gasteiger partial charge in [0.1, 0.15) is 0 Å². The van der Waals surface area contributed by atoms with E-state index in [0.29, 0.717) is 12.2 Å². The van der Waals surface area contributed by atoms with Gasteiger partial charge in [0.2, 0.25) is 0 Å². The maximum Gasteiger partial charge on any atom is 0.251 e. The van der Waals surface area contributed by atoms with Crippen LogP contribution < -0.4 is 5.32 Å². The molecule has 6 heteroatoms. The summed E-state index contributed by atoms with van der Waals surface area (Å²) in [4.78, 5) is 18.8.